The van der Waals surface area contributed by atoms with Gasteiger partial charge in [-0.15, -0.1) is 0 Å². The Balaban J connectivity index is 1.75. The molecule has 1 unspecified atom stereocenters. The van der Waals surface area contributed by atoms with Crippen molar-refractivity contribution in [2.45, 2.75) is 25.7 Å². The minimum Gasteiger partial charge on any atom is -0.338 e. The second-order valence-corrected chi connectivity index (χ2v) is 5.01. The quantitative estimate of drug-likeness (QED) is 0.857. The predicted molar refractivity (Wildman–Crippen MR) is 69.8 cm³/mol. The van der Waals surface area contributed by atoms with Crippen LogP contribution in [0.5, 0.6) is 0 Å². The van der Waals surface area contributed by atoms with Crippen LogP contribution >= 0.6 is 0 Å². The zero-order valence-electron chi connectivity index (χ0n) is 10.9. The number of amides is 1. The van der Waals surface area contributed by atoms with Crippen LogP contribution in [0.25, 0.3) is 0 Å². The molecule has 1 amide bonds. The maximum Gasteiger partial charge on any atom is 0.257 e. The highest BCUT2D eigenvalue weighted by atomic mass is 16.2. The molecule has 1 atom stereocenters. The van der Waals surface area contributed by atoms with Gasteiger partial charge in [0.15, 0.2) is 0 Å². The first-order valence-electron chi connectivity index (χ1n) is 6.54. The Hall–Kier alpha value is -2.11. The summed E-state index contributed by atoms with van der Waals surface area (Å²) >= 11 is 0. The second kappa shape index (κ2) is 4.87. The van der Waals surface area contributed by atoms with Gasteiger partial charge < -0.3 is 4.90 Å². The van der Waals surface area contributed by atoms with Crippen molar-refractivity contribution in [2.24, 2.45) is 0 Å². The number of nitrogens with one attached hydrogen (secondary N) is 2. The molecule has 2 aromatic heterocycles. The summed E-state index contributed by atoms with van der Waals surface area (Å²) in [5.41, 5.74) is 2.61. The van der Waals surface area contributed by atoms with E-state index >= 15 is 0 Å². The number of hydrogen-bond donors (Lipinski definition) is 2. The van der Waals surface area contributed by atoms with Gasteiger partial charge in [-0.05, 0) is 25.8 Å². The second-order valence-electron chi connectivity index (χ2n) is 5.01. The standard InChI is InChI=1S/C13H17N5O/c1-9-11(7-15-16-9)13(19)18-6-2-3-10(8-18)12-4-5-14-17-12/h4-5,7,10H,2-3,6,8H2,1H3,(H,14,17)(H,15,16). The van der Waals surface area contributed by atoms with Crippen molar-refractivity contribution in [3.05, 3.63) is 35.4 Å². The number of rotatable bonds is 2. The Morgan fingerprint density at radius 2 is 2.32 bits per heavy atom. The zero-order valence-corrected chi connectivity index (χ0v) is 10.9. The molecule has 1 saturated heterocycles. The van der Waals surface area contributed by atoms with Gasteiger partial charge in [0.05, 0.1) is 11.8 Å². The number of H-pyrrole nitrogens is 2. The zero-order chi connectivity index (χ0) is 13.2. The molecule has 1 fully saturated rings. The van der Waals surface area contributed by atoms with Gasteiger partial charge in [-0.2, -0.15) is 10.2 Å². The lowest BCUT2D eigenvalue weighted by atomic mass is 9.94. The first-order chi connectivity index (χ1) is 9.25. The molecule has 3 rings (SSSR count). The van der Waals surface area contributed by atoms with Crippen molar-refractivity contribution >= 4 is 5.91 Å². The molecule has 0 bridgehead atoms. The predicted octanol–water partition coefficient (Wildman–Crippen LogP) is 1.46. The maximum absolute atomic E-state index is 12.4. The first-order valence-corrected chi connectivity index (χ1v) is 6.54. The lowest BCUT2D eigenvalue weighted by Crippen LogP contribution is -2.39. The highest BCUT2D eigenvalue weighted by Gasteiger charge is 2.27. The Morgan fingerprint density at radius 1 is 1.42 bits per heavy atom. The summed E-state index contributed by atoms with van der Waals surface area (Å²) in [6.07, 6.45) is 5.48. The molecule has 0 radical (unpaired) electrons. The summed E-state index contributed by atoms with van der Waals surface area (Å²) < 4.78 is 0. The van der Waals surface area contributed by atoms with Crippen LogP contribution in [0.3, 0.4) is 0 Å². The van der Waals surface area contributed by atoms with Crippen molar-refractivity contribution in [3.63, 3.8) is 0 Å². The number of aryl methyl sites for hydroxylation is 1. The molecule has 0 aliphatic carbocycles. The minimum absolute atomic E-state index is 0.0652. The van der Waals surface area contributed by atoms with E-state index in [4.69, 9.17) is 0 Å². The average Bonchev–Trinajstić information content (AvgIpc) is 3.09. The highest BCUT2D eigenvalue weighted by molar-refractivity contribution is 5.95. The summed E-state index contributed by atoms with van der Waals surface area (Å²) in [7, 11) is 0. The molecular weight excluding hydrogens is 242 g/mol. The average molecular weight is 259 g/mol. The van der Waals surface area contributed by atoms with E-state index in [-0.39, 0.29) is 5.91 Å². The third-order valence-electron chi connectivity index (χ3n) is 3.73. The van der Waals surface area contributed by atoms with Crippen LogP contribution in [0.15, 0.2) is 18.5 Å². The van der Waals surface area contributed by atoms with Crippen LogP contribution in [-0.4, -0.2) is 44.3 Å². The van der Waals surface area contributed by atoms with Gasteiger partial charge in [0.25, 0.3) is 5.91 Å². The van der Waals surface area contributed by atoms with Gasteiger partial charge in [-0.25, -0.2) is 0 Å². The fourth-order valence-corrected chi connectivity index (χ4v) is 2.65. The summed E-state index contributed by atoms with van der Waals surface area (Å²) in [4.78, 5) is 14.3. The maximum atomic E-state index is 12.4. The molecule has 19 heavy (non-hydrogen) atoms. The van der Waals surface area contributed by atoms with Crippen LogP contribution in [0.1, 0.15) is 40.5 Å². The van der Waals surface area contributed by atoms with Gasteiger partial charge in [-0.3, -0.25) is 15.0 Å². The Labute approximate surface area is 111 Å². The molecule has 3 heterocycles. The Kier molecular flexibility index (Phi) is 3.06. The molecule has 0 spiro atoms. The van der Waals surface area contributed by atoms with E-state index in [1.54, 1.807) is 12.4 Å². The van der Waals surface area contributed by atoms with E-state index in [1.807, 2.05) is 17.9 Å². The van der Waals surface area contributed by atoms with Crippen LogP contribution in [0.2, 0.25) is 0 Å². The third-order valence-corrected chi connectivity index (χ3v) is 3.73. The molecule has 6 nitrogen and oxygen atoms in total. The van der Waals surface area contributed by atoms with Crippen molar-refractivity contribution in [2.75, 3.05) is 13.1 Å². The van der Waals surface area contributed by atoms with Crippen molar-refractivity contribution in [3.8, 4) is 0 Å². The van der Waals surface area contributed by atoms with Crippen molar-refractivity contribution in [1.82, 2.24) is 25.3 Å². The van der Waals surface area contributed by atoms with E-state index in [1.165, 1.54) is 0 Å². The fraction of sp³-hybridized carbons (Fsp3) is 0.462. The van der Waals surface area contributed by atoms with E-state index in [2.05, 4.69) is 20.4 Å². The number of aromatic amines is 2. The van der Waals surface area contributed by atoms with Gasteiger partial charge >= 0.3 is 0 Å². The van der Waals surface area contributed by atoms with E-state index < -0.39 is 0 Å². The SMILES string of the molecule is Cc1[nH]ncc1C(=O)N1CCCC(c2ccn[nH]2)C1. The number of nitrogens with zero attached hydrogens (tertiary/aromatic N) is 3. The number of carbonyl (C=O) groups excluding carboxylic acids is 1. The number of likely N-dealkylation sites (tertiary alicyclic amines) is 1. The largest absolute Gasteiger partial charge is 0.338 e. The van der Waals surface area contributed by atoms with E-state index in [0.29, 0.717) is 11.5 Å². The Bertz CT molecular complexity index is 559. The molecule has 2 N–H and O–H groups in total. The van der Waals surface area contributed by atoms with Gasteiger partial charge in [0.2, 0.25) is 0 Å². The van der Waals surface area contributed by atoms with Gasteiger partial charge in [0.1, 0.15) is 0 Å². The molecule has 6 heteroatoms. The van der Waals surface area contributed by atoms with E-state index in [0.717, 1.165) is 37.3 Å². The van der Waals surface area contributed by atoms with Crippen molar-refractivity contribution < 1.29 is 4.79 Å². The van der Waals surface area contributed by atoms with Crippen LogP contribution in [-0.2, 0) is 0 Å². The lowest BCUT2D eigenvalue weighted by Gasteiger charge is -2.32. The first kappa shape index (κ1) is 12.0. The fourth-order valence-electron chi connectivity index (χ4n) is 2.65. The molecule has 100 valence electrons. The monoisotopic (exact) mass is 259 g/mol. The van der Waals surface area contributed by atoms with Crippen LogP contribution in [0, 0.1) is 6.92 Å². The Morgan fingerprint density at radius 3 is 3.00 bits per heavy atom. The number of hydrogen-bond acceptors (Lipinski definition) is 3. The molecular formula is C13H17N5O. The number of piperidine rings is 1. The van der Waals surface area contributed by atoms with Crippen LogP contribution in [0.4, 0.5) is 0 Å². The summed E-state index contributed by atoms with van der Waals surface area (Å²) in [6, 6.07) is 1.99. The van der Waals surface area contributed by atoms with E-state index in [9.17, 15) is 4.79 Å². The van der Waals surface area contributed by atoms with Gasteiger partial charge in [0, 0.05) is 36.6 Å². The minimum atomic E-state index is 0.0652. The molecule has 1 aliphatic rings. The molecule has 1 aliphatic heterocycles. The summed E-state index contributed by atoms with van der Waals surface area (Å²) in [5, 5.41) is 13.7. The topological polar surface area (TPSA) is 77.7 Å². The van der Waals surface area contributed by atoms with Crippen molar-refractivity contribution in [1.29, 1.82) is 0 Å². The highest BCUT2D eigenvalue weighted by Crippen LogP contribution is 2.26. The number of carbonyl (C=O) groups is 1. The number of aromatic nitrogens is 4. The summed E-state index contributed by atoms with van der Waals surface area (Å²) in [5.74, 6) is 0.419. The smallest absolute Gasteiger partial charge is 0.257 e. The molecule has 0 aromatic carbocycles. The molecule has 0 saturated carbocycles. The van der Waals surface area contributed by atoms with Gasteiger partial charge in [-0.1, -0.05) is 0 Å². The normalized spacial score (nSPS) is 19.6. The summed E-state index contributed by atoms with van der Waals surface area (Å²) in [6.45, 7) is 3.43. The lowest BCUT2D eigenvalue weighted by molar-refractivity contribution is 0.0705. The molecule has 2 aromatic rings. The van der Waals surface area contributed by atoms with Crippen LogP contribution < -0.4 is 0 Å². The third kappa shape index (κ3) is 2.25.